The molecule has 1 nitrogen and oxygen atoms in total. The first-order valence-corrected chi connectivity index (χ1v) is 3.91. The van der Waals surface area contributed by atoms with Crippen LogP contribution in [0.15, 0.2) is 22.8 Å². The van der Waals surface area contributed by atoms with Crippen LogP contribution < -0.4 is 0 Å². The van der Waals surface area contributed by atoms with Crippen LogP contribution in [0.3, 0.4) is 0 Å². The first-order chi connectivity index (χ1) is 4.11. The summed E-state index contributed by atoms with van der Waals surface area (Å²) in [6.07, 6.45) is 1.70. The molecular weight excluding hydrogens is 227 g/mol. The number of hydrogen-bond acceptors (Lipinski definition) is 1. The van der Waals surface area contributed by atoms with E-state index in [0.29, 0.717) is 0 Å². The molecule has 0 aliphatic rings. The number of hydrogen-bond donors (Lipinski definition) is 0. The zero-order chi connectivity index (χ0) is 6.91. The van der Waals surface area contributed by atoms with Crippen molar-refractivity contribution in [3.05, 3.63) is 24.2 Å². The van der Waals surface area contributed by atoms with Crippen molar-refractivity contribution in [3.8, 4) is 0 Å². The molecule has 0 fully saturated rings. The van der Waals surface area contributed by atoms with E-state index < -0.39 is 0 Å². The molecule has 0 radical (unpaired) electrons. The standard InChI is InChI=1S/C7H9IO/c1-7(2,8)6-4-3-5-9-6/h3-5H,1-2H3. The Hall–Kier alpha value is 0.01000. The van der Waals surface area contributed by atoms with Gasteiger partial charge in [0.15, 0.2) is 0 Å². The molecule has 1 aromatic heterocycles. The minimum atomic E-state index is 0.126. The molecule has 0 bridgehead atoms. The molecule has 9 heavy (non-hydrogen) atoms. The maximum atomic E-state index is 5.19. The Morgan fingerprint density at radius 2 is 2.22 bits per heavy atom. The van der Waals surface area contributed by atoms with Crippen LogP contribution in [-0.4, -0.2) is 0 Å². The Bertz CT molecular complexity index is 171. The third-order valence-electron chi connectivity index (χ3n) is 1.11. The summed E-state index contributed by atoms with van der Waals surface area (Å²) in [6, 6.07) is 3.90. The van der Waals surface area contributed by atoms with Crippen molar-refractivity contribution in [3.63, 3.8) is 0 Å². The third kappa shape index (κ3) is 1.71. The van der Waals surface area contributed by atoms with Gasteiger partial charge in [0.25, 0.3) is 0 Å². The van der Waals surface area contributed by atoms with Crippen molar-refractivity contribution >= 4 is 22.6 Å². The van der Waals surface area contributed by atoms with Crippen LogP contribution in [0.25, 0.3) is 0 Å². The topological polar surface area (TPSA) is 13.1 Å². The van der Waals surface area contributed by atoms with Crippen molar-refractivity contribution in [2.45, 2.75) is 17.3 Å². The van der Waals surface area contributed by atoms with Crippen LogP contribution in [0.2, 0.25) is 0 Å². The molecule has 1 heterocycles. The van der Waals surface area contributed by atoms with Crippen molar-refractivity contribution in [2.75, 3.05) is 0 Å². The van der Waals surface area contributed by atoms with E-state index >= 15 is 0 Å². The highest BCUT2D eigenvalue weighted by atomic mass is 127. The lowest BCUT2D eigenvalue weighted by Gasteiger charge is -2.10. The van der Waals surface area contributed by atoms with Gasteiger partial charge in [-0.05, 0) is 26.0 Å². The van der Waals surface area contributed by atoms with Gasteiger partial charge >= 0.3 is 0 Å². The van der Waals surface area contributed by atoms with Crippen molar-refractivity contribution in [1.29, 1.82) is 0 Å². The summed E-state index contributed by atoms with van der Waals surface area (Å²) in [6.45, 7) is 4.23. The Morgan fingerprint density at radius 3 is 2.44 bits per heavy atom. The monoisotopic (exact) mass is 236 g/mol. The van der Waals surface area contributed by atoms with Gasteiger partial charge in [-0.3, -0.25) is 0 Å². The molecule has 1 aromatic rings. The Balaban J connectivity index is 2.90. The molecule has 0 unspecified atom stereocenters. The summed E-state index contributed by atoms with van der Waals surface area (Å²) in [7, 11) is 0. The van der Waals surface area contributed by atoms with Crippen LogP contribution in [0.1, 0.15) is 19.6 Å². The van der Waals surface area contributed by atoms with E-state index in [2.05, 4.69) is 36.4 Å². The molecule has 0 amide bonds. The second kappa shape index (κ2) is 2.33. The van der Waals surface area contributed by atoms with Crippen molar-refractivity contribution in [1.82, 2.24) is 0 Å². The zero-order valence-electron chi connectivity index (χ0n) is 5.52. The molecule has 0 spiro atoms. The Morgan fingerprint density at radius 1 is 1.56 bits per heavy atom. The summed E-state index contributed by atoms with van der Waals surface area (Å²) < 4.78 is 5.32. The lowest BCUT2D eigenvalue weighted by atomic mass is 10.2. The van der Waals surface area contributed by atoms with Crippen LogP contribution in [0.4, 0.5) is 0 Å². The van der Waals surface area contributed by atoms with Crippen molar-refractivity contribution in [2.24, 2.45) is 0 Å². The quantitative estimate of drug-likeness (QED) is 0.539. The van der Waals surface area contributed by atoms with Gasteiger partial charge in [-0.25, -0.2) is 0 Å². The normalized spacial score (nSPS) is 11.9. The number of alkyl halides is 1. The Kier molecular flexibility index (Phi) is 1.84. The van der Waals surface area contributed by atoms with Gasteiger partial charge < -0.3 is 4.42 Å². The van der Waals surface area contributed by atoms with E-state index in [4.69, 9.17) is 4.42 Å². The molecular formula is C7H9IO. The van der Waals surface area contributed by atoms with Crippen LogP contribution in [-0.2, 0) is 3.42 Å². The first-order valence-electron chi connectivity index (χ1n) is 2.83. The maximum absolute atomic E-state index is 5.19. The molecule has 0 aliphatic carbocycles. The largest absolute Gasteiger partial charge is 0.468 e. The molecule has 0 saturated carbocycles. The molecule has 0 aliphatic heterocycles. The number of rotatable bonds is 1. The van der Waals surface area contributed by atoms with E-state index in [-0.39, 0.29) is 3.42 Å². The van der Waals surface area contributed by atoms with Crippen molar-refractivity contribution < 1.29 is 4.42 Å². The first kappa shape index (κ1) is 7.12. The van der Waals surface area contributed by atoms with E-state index in [0.717, 1.165) is 5.76 Å². The molecule has 2 heteroatoms. The molecule has 0 atom stereocenters. The van der Waals surface area contributed by atoms with Gasteiger partial charge in [-0.1, -0.05) is 22.6 Å². The summed E-state index contributed by atoms with van der Waals surface area (Å²) in [5, 5.41) is 0. The minimum Gasteiger partial charge on any atom is -0.468 e. The van der Waals surface area contributed by atoms with Gasteiger partial charge in [0.1, 0.15) is 5.76 Å². The fourth-order valence-corrected chi connectivity index (χ4v) is 0.924. The highest BCUT2D eigenvalue weighted by Crippen LogP contribution is 2.30. The highest BCUT2D eigenvalue weighted by molar-refractivity contribution is 14.1. The molecule has 0 aromatic carbocycles. The van der Waals surface area contributed by atoms with Crippen LogP contribution in [0, 0.1) is 0 Å². The molecule has 0 N–H and O–H groups in total. The highest BCUT2D eigenvalue weighted by Gasteiger charge is 2.17. The third-order valence-corrected chi connectivity index (χ3v) is 1.64. The number of furan rings is 1. The smallest absolute Gasteiger partial charge is 0.119 e. The van der Waals surface area contributed by atoms with E-state index in [1.807, 2.05) is 12.1 Å². The fourth-order valence-electron chi connectivity index (χ4n) is 0.617. The number of halogens is 1. The fraction of sp³-hybridized carbons (Fsp3) is 0.429. The summed E-state index contributed by atoms with van der Waals surface area (Å²) in [4.78, 5) is 0. The van der Waals surface area contributed by atoms with Crippen LogP contribution >= 0.6 is 22.6 Å². The predicted molar refractivity (Wildman–Crippen MR) is 45.8 cm³/mol. The second-order valence-corrected chi connectivity index (χ2v) is 5.15. The summed E-state index contributed by atoms with van der Waals surface area (Å²) in [5.74, 6) is 1.03. The lowest BCUT2D eigenvalue weighted by molar-refractivity contribution is 0.478. The van der Waals surface area contributed by atoms with E-state index in [9.17, 15) is 0 Å². The van der Waals surface area contributed by atoms with Gasteiger partial charge in [0, 0.05) is 0 Å². The average molecular weight is 236 g/mol. The Labute approximate surface area is 68.6 Å². The summed E-state index contributed by atoms with van der Waals surface area (Å²) in [5.41, 5.74) is 0. The average Bonchev–Trinajstić information content (AvgIpc) is 2.08. The maximum Gasteiger partial charge on any atom is 0.119 e. The lowest BCUT2D eigenvalue weighted by Crippen LogP contribution is -2.03. The van der Waals surface area contributed by atoms with Gasteiger partial charge in [0.2, 0.25) is 0 Å². The SMILES string of the molecule is CC(C)(I)c1ccco1. The van der Waals surface area contributed by atoms with Gasteiger partial charge in [-0.15, -0.1) is 0 Å². The van der Waals surface area contributed by atoms with E-state index in [1.54, 1.807) is 6.26 Å². The summed E-state index contributed by atoms with van der Waals surface area (Å²) >= 11 is 2.35. The van der Waals surface area contributed by atoms with Gasteiger partial charge in [-0.2, -0.15) is 0 Å². The van der Waals surface area contributed by atoms with Gasteiger partial charge in [0.05, 0.1) is 9.68 Å². The molecule has 1 rings (SSSR count). The predicted octanol–water partition coefficient (Wildman–Crippen LogP) is 2.95. The molecule has 50 valence electrons. The molecule has 0 saturated heterocycles. The van der Waals surface area contributed by atoms with Crippen LogP contribution in [0.5, 0.6) is 0 Å². The van der Waals surface area contributed by atoms with E-state index in [1.165, 1.54) is 0 Å². The second-order valence-electron chi connectivity index (χ2n) is 2.45. The zero-order valence-corrected chi connectivity index (χ0v) is 7.68. The minimum absolute atomic E-state index is 0.126.